The van der Waals surface area contributed by atoms with E-state index in [1.54, 1.807) is 37.3 Å². The molecule has 4 rings (SSSR count). The van der Waals surface area contributed by atoms with Gasteiger partial charge in [-0.1, -0.05) is 43.7 Å². The zero-order valence-electron chi connectivity index (χ0n) is 17.1. The van der Waals surface area contributed by atoms with E-state index >= 15 is 0 Å². The summed E-state index contributed by atoms with van der Waals surface area (Å²) in [6.45, 7) is 4.30. The van der Waals surface area contributed by atoms with Gasteiger partial charge in [0, 0.05) is 5.56 Å². The van der Waals surface area contributed by atoms with Crippen molar-refractivity contribution in [3.63, 3.8) is 0 Å². The number of aryl methyl sites for hydroxylation is 1. The summed E-state index contributed by atoms with van der Waals surface area (Å²) in [5.74, 6) is 0.376. The predicted molar refractivity (Wildman–Crippen MR) is 110 cm³/mol. The van der Waals surface area contributed by atoms with E-state index in [1.165, 1.54) is 0 Å². The first-order valence-corrected chi connectivity index (χ1v) is 10.1. The molecule has 2 aromatic carbocycles. The lowest BCUT2D eigenvalue weighted by Crippen LogP contribution is -2.41. The van der Waals surface area contributed by atoms with Gasteiger partial charge >= 0.3 is 6.03 Å². The molecule has 30 heavy (non-hydrogen) atoms. The summed E-state index contributed by atoms with van der Waals surface area (Å²) in [6, 6.07) is 11.9. The quantitative estimate of drug-likeness (QED) is 0.587. The fraction of sp³-hybridized carbons (Fsp3) is 0.348. The van der Waals surface area contributed by atoms with E-state index in [2.05, 4.69) is 12.2 Å². The van der Waals surface area contributed by atoms with Crippen LogP contribution in [0, 0.1) is 0 Å². The number of hydrogen-bond donors (Lipinski definition) is 1. The summed E-state index contributed by atoms with van der Waals surface area (Å²) in [4.78, 5) is 39.3. The summed E-state index contributed by atoms with van der Waals surface area (Å²) in [5, 5.41) is 2.72. The molecule has 7 nitrogen and oxygen atoms in total. The number of nitrogens with one attached hydrogen (secondary N) is 1. The molecule has 0 radical (unpaired) electrons. The number of amides is 3. The first kappa shape index (κ1) is 19.9. The number of hydrogen-bond acceptors (Lipinski definition) is 5. The molecule has 1 fully saturated rings. The van der Waals surface area contributed by atoms with E-state index < -0.39 is 17.5 Å². The van der Waals surface area contributed by atoms with Crippen molar-refractivity contribution < 1.29 is 23.9 Å². The minimum Gasteiger partial charge on any atom is -0.486 e. The Bertz CT molecular complexity index is 1000. The molecule has 0 saturated carbocycles. The monoisotopic (exact) mass is 408 g/mol. The Morgan fingerprint density at radius 2 is 1.77 bits per heavy atom. The van der Waals surface area contributed by atoms with E-state index in [4.69, 9.17) is 9.47 Å². The minimum absolute atomic E-state index is 0.284. The van der Waals surface area contributed by atoms with Crippen LogP contribution in [-0.2, 0) is 16.8 Å². The van der Waals surface area contributed by atoms with Crippen LogP contribution in [0.3, 0.4) is 0 Å². The van der Waals surface area contributed by atoms with Crippen LogP contribution in [-0.4, -0.2) is 42.4 Å². The molecule has 2 heterocycles. The first-order chi connectivity index (χ1) is 14.4. The van der Waals surface area contributed by atoms with E-state index in [0.29, 0.717) is 35.8 Å². The molecule has 0 spiro atoms. The lowest BCUT2D eigenvalue weighted by molar-refractivity contribution is -0.130. The molecule has 1 N–H and O–H groups in total. The van der Waals surface area contributed by atoms with Gasteiger partial charge in [-0.3, -0.25) is 14.5 Å². The molecule has 0 aromatic heterocycles. The molecule has 0 unspecified atom stereocenters. The molecule has 0 bridgehead atoms. The SMILES string of the molecule is CCCc1ccc(C(=O)CN2C(=O)N[C@](C)(c3ccc4c(c3)OCCO4)C2=O)cc1. The number of ketones is 1. The summed E-state index contributed by atoms with van der Waals surface area (Å²) in [7, 11) is 0. The van der Waals surface area contributed by atoms with Gasteiger partial charge in [0.1, 0.15) is 18.8 Å². The van der Waals surface area contributed by atoms with Crippen molar-refractivity contribution in [2.24, 2.45) is 0 Å². The van der Waals surface area contributed by atoms with E-state index in [0.717, 1.165) is 23.3 Å². The van der Waals surface area contributed by atoms with Gasteiger partial charge in [-0.05, 0) is 36.6 Å². The van der Waals surface area contributed by atoms with Gasteiger partial charge in [0.15, 0.2) is 17.3 Å². The standard InChI is InChI=1S/C23H24N2O5/c1-3-4-15-5-7-16(8-6-15)18(26)14-25-21(27)23(2,24-22(25)28)17-9-10-19-20(13-17)30-12-11-29-19/h5-10,13H,3-4,11-12,14H2,1-2H3,(H,24,28)/t23-/m1/s1. The maximum Gasteiger partial charge on any atom is 0.325 e. The van der Waals surface area contributed by atoms with Gasteiger partial charge in [0.25, 0.3) is 5.91 Å². The van der Waals surface area contributed by atoms with Crippen LogP contribution in [0.5, 0.6) is 11.5 Å². The normalized spacial score (nSPS) is 20.3. The zero-order chi connectivity index (χ0) is 21.3. The topological polar surface area (TPSA) is 84.9 Å². The van der Waals surface area contributed by atoms with Gasteiger partial charge in [-0.2, -0.15) is 0 Å². The number of rotatable bonds is 6. The van der Waals surface area contributed by atoms with E-state index in [9.17, 15) is 14.4 Å². The number of ether oxygens (including phenoxy) is 2. The molecule has 2 aromatic rings. The van der Waals surface area contributed by atoms with Crippen LogP contribution in [0.2, 0.25) is 0 Å². The number of fused-ring (bicyclic) bond motifs is 1. The van der Waals surface area contributed by atoms with Gasteiger partial charge in [0.05, 0.1) is 6.54 Å². The van der Waals surface area contributed by atoms with Gasteiger partial charge in [-0.25, -0.2) is 4.79 Å². The highest BCUT2D eigenvalue weighted by atomic mass is 16.6. The average Bonchev–Trinajstić information content (AvgIpc) is 2.98. The van der Waals surface area contributed by atoms with Crippen molar-refractivity contribution in [1.29, 1.82) is 0 Å². The summed E-state index contributed by atoms with van der Waals surface area (Å²) >= 11 is 0. The highest BCUT2D eigenvalue weighted by Crippen LogP contribution is 2.36. The molecule has 1 atom stereocenters. The second kappa shape index (κ2) is 7.82. The third-order valence-electron chi connectivity index (χ3n) is 5.51. The highest BCUT2D eigenvalue weighted by molar-refractivity contribution is 6.11. The Kier molecular flexibility index (Phi) is 5.20. The lowest BCUT2D eigenvalue weighted by atomic mass is 9.91. The summed E-state index contributed by atoms with van der Waals surface area (Å²) in [5.41, 5.74) is 0.917. The molecule has 1 saturated heterocycles. The number of benzene rings is 2. The molecule has 7 heteroatoms. The second-order valence-corrected chi connectivity index (χ2v) is 7.67. The smallest absolute Gasteiger partial charge is 0.325 e. The molecular formula is C23H24N2O5. The Balaban J connectivity index is 1.52. The van der Waals surface area contributed by atoms with Crippen LogP contribution < -0.4 is 14.8 Å². The van der Waals surface area contributed by atoms with Gasteiger partial charge in [-0.15, -0.1) is 0 Å². The van der Waals surface area contributed by atoms with E-state index in [1.807, 2.05) is 12.1 Å². The Morgan fingerprint density at radius 3 is 2.47 bits per heavy atom. The zero-order valence-corrected chi connectivity index (χ0v) is 17.1. The predicted octanol–water partition coefficient (Wildman–Crippen LogP) is 3.06. The maximum absolute atomic E-state index is 13.1. The van der Waals surface area contributed by atoms with Crippen LogP contribution in [0.15, 0.2) is 42.5 Å². The Morgan fingerprint density at radius 1 is 1.07 bits per heavy atom. The summed E-state index contributed by atoms with van der Waals surface area (Å²) < 4.78 is 11.1. The largest absolute Gasteiger partial charge is 0.486 e. The highest BCUT2D eigenvalue weighted by Gasteiger charge is 2.49. The fourth-order valence-corrected chi connectivity index (χ4v) is 3.77. The van der Waals surface area contributed by atoms with Crippen molar-refractivity contribution in [1.82, 2.24) is 10.2 Å². The molecular weight excluding hydrogens is 384 g/mol. The number of nitrogens with zero attached hydrogens (tertiary/aromatic N) is 1. The Labute approximate surface area is 175 Å². The molecule has 2 aliphatic rings. The number of Topliss-reactive ketones (excluding diaryl/α,β-unsaturated/α-hetero) is 1. The van der Waals surface area contributed by atoms with Crippen molar-refractivity contribution in [3.8, 4) is 11.5 Å². The van der Waals surface area contributed by atoms with Crippen LogP contribution in [0.1, 0.15) is 41.8 Å². The second-order valence-electron chi connectivity index (χ2n) is 7.67. The maximum atomic E-state index is 13.1. The fourth-order valence-electron chi connectivity index (χ4n) is 3.77. The van der Waals surface area contributed by atoms with Crippen molar-refractivity contribution >= 4 is 17.7 Å². The van der Waals surface area contributed by atoms with Crippen molar-refractivity contribution in [2.75, 3.05) is 19.8 Å². The number of imide groups is 1. The lowest BCUT2D eigenvalue weighted by Gasteiger charge is -2.25. The number of carbonyl (C=O) groups excluding carboxylic acids is 3. The third kappa shape index (κ3) is 3.51. The molecule has 156 valence electrons. The van der Waals surface area contributed by atoms with Gasteiger partial charge < -0.3 is 14.8 Å². The van der Waals surface area contributed by atoms with Gasteiger partial charge in [0.2, 0.25) is 0 Å². The summed E-state index contributed by atoms with van der Waals surface area (Å²) in [6.07, 6.45) is 1.96. The van der Waals surface area contributed by atoms with Crippen LogP contribution >= 0.6 is 0 Å². The number of carbonyl (C=O) groups is 3. The molecule has 3 amide bonds. The molecule has 2 aliphatic heterocycles. The van der Waals surface area contributed by atoms with Crippen molar-refractivity contribution in [3.05, 3.63) is 59.2 Å². The Hall–Kier alpha value is -3.35. The van der Waals surface area contributed by atoms with Crippen LogP contribution in [0.4, 0.5) is 4.79 Å². The number of urea groups is 1. The third-order valence-corrected chi connectivity index (χ3v) is 5.51. The minimum atomic E-state index is -1.28. The van der Waals surface area contributed by atoms with Crippen LogP contribution in [0.25, 0.3) is 0 Å². The molecule has 0 aliphatic carbocycles. The first-order valence-electron chi connectivity index (χ1n) is 10.1. The van der Waals surface area contributed by atoms with Crippen molar-refractivity contribution in [2.45, 2.75) is 32.2 Å². The average molecular weight is 408 g/mol. The van der Waals surface area contributed by atoms with E-state index in [-0.39, 0.29) is 12.3 Å².